The van der Waals surface area contributed by atoms with Crippen molar-refractivity contribution in [2.75, 3.05) is 13.6 Å². The van der Waals surface area contributed by atoms with Crippen molar-refractivity contribution in [1.29, 1.82) is 0 Å². The SMILES string of the molecule is CN(CC(=O)O)C(=O)CCc1ccccc1Cl. The summed E-state index contributed by atoms with van der Waals surface area (Å²) in [6.45, 7) is -0.276. The molecule has 1 aromatic rings. The van der Waals surface area contributed by atoms with Crippen LogP contribution in [0.15, 0.2) is 24.3 Å². The third kappa shape index (κ3) is 4.44. The van der Waals surface area contributed by atoms with Crippen LogP contribution in [0, 0.1) is 0 Å². The Morgan fingerprint density at radius 3 is 2.59 bits per heavy atom. The van der Waals surface area contributed by atoms with E-state index in [-0.39, 0.29) is 18.9 Å². The Labute approximate surface area is 105 Å². The number of likely N-dealkylation sites (N-methyl/N-ethyl adjacent to an activating group) is 1. The van der Waals surface area contributed by atoms with Gasteiger partial charge in [-0.2, -0.15) is 0 Å². The first kappa shape index (κ1) is 13.5. The second-order valence-electron chi connectivity index (χ2n) is 3.73. The molecule has 0 saturated carbocycles. The molecule has 0 aromatic heterocycles. The van der Waals surface area contributed by atoms with Crippen molar-refractivity contribution in [2.45, 2.75) is 12.8 Å². The van der Waals surface area contributed by atoms with Crippen LogP contribution in [0.25, 0.3) is 0 Å². The van der Waals surface area contributed by atoms with Gasteiger partial charge in [-0.1, -0.05) is 29.8 Å². The molecule has 0 spiro atoms. The van der Waals surface area contributed by atoms with Crippen LogP contribution in [0.1, 0.15) is 12.0 Å². The molecule has 4 nitrogen and oxygen atoms in total. The number of amides is 1. The molecular formula is C12H14ClNO3. The molecule has 0 radical (unpaired) electrons. The van der Waals surface area contributed by atoms with E-state index in [4.69, 9.17) is 16.7 Å². The molecule has 0 heterocycles. The number of carbonyl (C=O) groups is 2. The van der Waals surface area contributed by atoms with Gasteiger partial charge in [0.15, 0.2) is 0 Å². The van der Waals surface area contributed by atoms with Crippen LogP contribution in [0.3, 0.4) is 0 Å². The second kappa shape index (κ2) is 6.25. The van der Waals surface area contributed by atoms with Crippen molar-refractivity contribution in [3.05, 3.63) is 34.9 Å². The molecule has 0 saturated heterocycles. The fourth-order valence-electron chi connectivity index (χ4n) is 1.42. The van der Waals surface area contributed by atoms with Crippen LogP contribution in [0.5, 0.6) is 0 Å². The van der Waals surface area contributed by atoms with Crippen molar-refractivity contribution in [2.24, 2.45) is 0 Å². The Balaban J connectivity index is 2.48. The number of hydrogen-bond donors (Lipinski definition) is 1. The van der Waals surface area contributed by atoms with Crippen molar-refractivity contribution >= 4 is 23.5 Å². The molecule has 92 valence electrons. The maximum absolute atomic E-state index is 11.6. The molecule has 1 amide bonds. The average molecular weight is 256 g/mol. The Morgan fingerprint density at radius 2 is 2.00 bits per heavy atom. The van der Waals surface area contributed by atoms with Gasteiger partial charge in [0.2, 0.25) is 5.91 Å². The lowest BCUT2D eigenvalue weighted by Crippen LogP contribution is -2.32. The Hall–Kier alpha value is -1.55. The number of rotatable bonds is 5. The third-order valence-corrected chi connectivity index (χ3v) is 2.73. The zero-order chi connectivity index (χ0) is 12.8. The van der Waals surface area contributed by atoms with Crippen LogP contribution >= 0.6 is 11.6 Å². The van der Waals surface area contributed by atoms with Gasteiger partial charge in [0.1, 0.15) is 6.54 Å². The fourth-order valence-corrected chi connectivity index (χ4v) is 1.65. The van der Waals surface area contributed by atoms with Crippen LogP contribution < -0.4 is 0 Å². The first-order valence-corrected chi connectivity index (χ1v) is 5.57. The number of carboxylic acids is 1. The lowest BCUT2D eigenvalue weighted by Gasteiger charge is -2.14. The quantitative estimate of drug-likeness (QED) is 0.873. The summed E-state index contributed by atoms with van der Waals surface area (Å²) in [7, 11) is 1.48. The van der Waals surface area contributed by atoms with Crippen molar-refractivity contribution in [3.8, 4) is 0 Å². The zero-order valence-electron chi connectivity index (χ0n) is 9.52. The molecule has 0 aliphatic heterocycles. The van der Waals surface area contributed by atoms with Crippen molar-refractivity contribution in [1.82, 2.24) is 4.90 Å². The number of hydrogen-bond acceptors (Lipinski definition) is 2. The zero-order valence-corrected chi connectivity index (χ0v) is 10.3. The lowest BCUT2D eigenvalue weighted by molar-refractivity contribution is -0.143. The highest BCUT2D eigenvalue weighted by Gasteiger charge is 2.12. The van der Waals surface area contributed by atoms with Gasteiger partial charge in [-0.05, 0) is 18.1 Å². The van der Waals surface area contributed by atoms with E-state index in [0.29, 0.717) is 11.4 Å². The minimum atomic E-state index is -1.02. The van der Waals surface area contributed by atoms with Crippen LogP contribution in [-0.4, -0.2) is 35.5 Å². The molecular weight excluding hydrogens is 242 g/mol. The number of aryl methyl sites for hydroxylation is 1. The van der Waals surface area contributed by atoms with Gasteiger partial charge in [0.05, 0.1) is 0 Å². The number of aliphatic carboxylic acids is 1. The summed E-state index contributed by atoms with van der Waals surface area (Å²) in [6.07, 6.45) is 0.774. The minimum absolute atomic E-state index is 0.202. The first-order valence-electron chi connectivity index (χ1n) is 5.20. The molecule has 0 fully saturated rings. The Morgan fingerprint density at radius 1 is 1.35 bits per heavy atom. The highest BCUT2D eigenvalue weighted by molar-refractivity contribution is 6.31. The largest absolute Gasteiger partial charge is 0.480 e. The molecule has 0 aliphatic carbocycles. The molecule has 0 bridgehead atoms. The predicted octanol–water partition coefficient (Wildman–Crippen LogP) is 1.82. The number of halogens is 1. The number of benzene rings is 1. The minimum Gasteiger partial charge on any atom is -0.480 e. The molecule has 1 N–H and O–H groups in total. The molecule has 1 aromatic carbocycles. The highest BCUT2D eigenvalue weighted by atomic mass is 35.5. The van der Waals surface area contributed by atoms with E-state index in [1.807, 2.05) is 18.2 Å². The van der Waals surface area contributed by atoms with Gasteiger partial charge in [-0.3, -0.25) is 9.59 Å². The van der Waals surface area contributed by atoms with Gasteiger partial charge in [0, 0.05) is 18.5 Å². The predicted molar refractivity (Wildman–Crippen MR) is 65.0 cm³/mol. The van der Waals surface area contributed by atoms with Crippen LogP contribution in [0.4, 0.5) is 0 Å². The first-order chi connectivity index (χ1) is 8.00. The Bertz CT molecular complexity index is 420. The van der Waals surface area contributed by atoms with E-state index < -0.39 is 5.97 Å². The highest BCUT2D eigenvalue weighted by Crippen LogP contribution is 2.16. The molecule has 0 atom stereocenters. The van der Waals surface area contributed by atoms with E-state index in [1.165, 1.54) is 11.9 Å². The van der Waals surface area contributed by atoms with Crippen molar-refractivity contribution < 1.29 is 14.7 Å². The molecule has 5 heteroatoms. The van der Waals surface area contributed by atoms with Gasteiger partial charge >= 0.3 is 5.97 Å². The standard InChI is InChI=1S/C12H14ClNO3/c1-14(8-12(16)17)11(15)7-6-9-4-2-3-5-10(9)13/h2-5H,6-8H2,1H3,(H,16,17). The van der Waals surface area contributed by atoms with Gasteiger partial charge in [-0.25, -0.2) is 0 Å². The smallest absolute Gasteiger partial charge is 0.323 e. The average Bonchev–Trinajstić information content (AvgIpc) is 2.26. The number of carboxylic acid groups (broad SMARTS) is 1. The molecule has 17 heavy (non-hydrogen) atoms. The molecule has 0 unspecified atom stereocenters. The third-order valence-electron chi connectivity index (χ3n) is 2.36. The van der Waals surface area contributed by atoms with Gasteiger partial charge in [0.25, 0.3) is 0 Å². The van der Waals surface area contributed by atoms with E-state index in [9.17, 15) is 9.59 Å². The van der Waals surface area contributed by atoms with E-state index in [1.54, 1.807) is 6.07 Å². The van der Waals surface area contributed by atoms with Crippen LogP contribution in [-0.2, 0) is 16.0 Å². The molecule has 1 rings (SSSR count). The fraction of sp³-hybridized carbons (Fsp3) is 0.333. The summed E-state index contributed by atoms with van der Waals surface area (Å²) >= 11 is 5.95. The Kier molecular flexibility index (Phi) is 4.97. The maximum atomic E-state index is 11.6. The second-order valence-corrected chi connectivity index (χ2v) is 4.14. The summed E-state index contributed by atoms with van der Waals surface area (Å²) in [5.41, 5.74) is 0.895. The summed E-state index contributed by atoms with van der Waals surface area (Å²) in [6, 6.07) is 7.30. The number of nitrogens with zero attached hydrogens (tertiary/aromatic N) is 1. The van der Waals surface area contributed by atoms with Gasteiger partial charge in [-0.15, -0.1) is 0 Å². The molecule has 0 aliphatic rings. The van der Waals surface area contributed by atoms with Crippen LogP contribution in [0.2, 0.25) is 5.02 Å². The van der Waals surface area contributed by atoms with E-state index in [0.717, 1.165) is 5.56 Å². The van der Waals surface area contributed by atoms with Gasteiger partial charge < -0.3 is 10.0 Å². The monoisotopic (exact) mass is 255 g/mol. The van der Waals surface area contributed by atoms with E-state index >= 15 is 0 Å². The maximum Gasteiger partial charge on any atom is 0.323 e. The summed E-state index contributed by atoms with van der Waals surface area (Å²) in [4.78, 5) is 23.2. The topological polar surface area (TPSA) is 57.6 Å². The number of carbonyl (C=O) groups excluding carboxylic acids is 1. The van der Waals surface area contributed by atoms with Crippen molar-refractivity contribution in [3.63, 3.8) is 0 Å². The normalized spacial score (nSPS) is 10.0. The lowest BCUT2D eigenvalue weighted by atomic mass is 10.1. The summed E-state index contributed by atoms with van der Waals surface area (Å²) in [5, 5.41) is 9.17. The van der Waals surface area contributed by atoms with E-state index in [2.05, 4.69) is 0 Å². The summed E-state index contributed by atoms with van der Waals surface area (Å²) in [5.74, 6) is -1.22. The summed E-state index contributed by atoms with van der Waals surface area (Å²) < 4.78 is 0.